The van der Waals surface area contributed by atoms with Crippen LogP contribution in [0.5, 0.6) is 0 Å². The van der Waals surface area contributed by atoms with Gasteiger partial charge in [0.2, 0.25) is 0 Å². The highest BCUT2D eigenvalue weighted by molar-refractivity contribution is 7.15. The fourth-order valence-corrected chi connectivity index (χ4v) is 3.15. The number of nitrogens with two attached hydrogens (primary N) is 1. The Morgan fingerprint density at radius 3 is 2.47 bits per heavy atom. The van der Waals surface area contributed by atoms with Gasteiger partial charge in [0, 0.05) is 22.5 Å². The molecular weight excluding hydrogens is 300 g/mol. The van der Waals surface area contributed by atoms with Crippen LogP contribution in [-0.4, -0.2) is 9.97 Å². The molecule has 106 valence electrons. The summed E-state index contributed by atoms with van der Waals surface area (Å²) in [7, 11) is 0. The number of aromatic nitrogens is 2. The van der Waals surface area contributed by atoms with Crippen LogP contribution in [0.25, 0.3) is 0 Å². The number of aryl methyl sites for hydroxylation is 2. The van der Waals surface area contributed by atoms with Crippen molar-refractivity contribution in [2.24, 2.45) is 0 Å². The molecule has 4 nitrogen and oxygen atoms in total. The maximum atomic E-state index is 5.62. The van der Waals surface area contributed by atoms with Gasteiger partial charge in [-0.2, -0.15) is 0 Å². The van der Waals surface area contributed by atoms with Gasteiger partial charge in [0.05, 0.1) is 11.2 Å². The number of rotatable bonds is 4. The van der Waals surface area contributed by atoms with E-state index in [1.807, 2.05) is 6.20 Å². The number of thiazole rings is 2. The lowest BCUT2D eigenvalue weighted by atomic mass is 10.1. The van der Waals surface area contributed by atoms with Crippen LogP contribution in [0, 0.1) is 13.8 Å². The molecule has 0 spiro atoms. The smallest absolute Gasteiger partial charge is 0.180 e. The molecule has 2 rings (SSSR count). The number of nitrogens with zero attached hydrogens (tertiary/aromatic N) is 2. The van der Waals surface area contributed by atoms with E-state index >= 15 is 0 Å². The van der Waals surface area contributed by atoms with E-state index in [2.05, 4.69) is 43.0 Å². The number of nitrogen functional groups attached to an aromatic ring is 1. The second-order valence-corrected chi connectivity index (χ2v) is 7.15. The second kappa shape index (κ2) is 6.17. The minimum atomic E-state index is -0.136. The molecule has 0 aliphatic carbocycles. The molecule has 7 heteroatoms. The van der Waals surface area contributed by atoms with Crippen molar-refractivity contribution in [2.75, 3.05) is 5.73 Å². The maximum Gasteiger partial charge on any atom is 0.180 e. The minimum absolute atomic E-state index is 0. The van der Waals surface area contributed by atoms with Gasteiger partial charge < -0.3 is 11.1 Å². The summed E-state index contributed by atoms with van der Waals surface area (Å²) in [5, 5.41) is 5.24. The van der Waals surface area contributed by atoms with Gasteiger partial charge in [0.25, 0.3) is 0 Å². The lowest BCUT2D eigenvalue weighted by molar-refractivity contribution is 0.400. The molecular formula is C12H19ClN4S2. The molecule has 0 unspecified atom stereocenters. The van der Waals surface area contributed by atoms with E-state index in [4.69, 9.17) is 5.73 Å². The summed E-state index contributed by atoms with van der Waals surface area (Å²) in [5.41, 5.74) is 6.60. The number of hydrogen-bond acceptors (Lipinski definition) is 6. The van der Waals surface area contributed by atoms with Crippen LogP contribution >= 0.6 is 35.1 Å². The largest absolute Gasteiger partial charge is 0.375 e. The Kier molecular flexibility index (Phi) is 5.32. The summed E-state index contributed by atoms with van der Waals surface area (Å²) in [6.45, 7) is 9.22. The number of hydrogen-bond donors (Lipinski definition) is 2. The molecule has 2 aromatic rings. The maximum absolute atomic E-state index is 5.62. The lowest BCUT2D eigenvalue weighted by Gasteiger charge is -2.23. The average molecular weight is 319 g/mol. The molecule has 0 aliphatic heterocycles. The predicted octanol–water partition coefficient (Wildman–Crippen LogP) is 3.25. The van der Waals surface area contributed by atoms with Gasteiger partial charge in [-0.1, -0.05) is 0 Å². The fraction of sp³-hybridized carbons (Fsp3) is 0.500. The third-order valence-corrected chi connectivity index (χ3v) is 5.06. The van der Waals surface area contributed by atoms with Crippen LogP contribution in [0.4, 0.5) is 5.13 Å². The van der Waals surface area contributed by atoms with Gasteiger partial charge in [-0.05, 0) is 27.7 Å². The van der Waals surface area contributed by atoms with Crippen LogP contribution in [0.1, 0.15) is 34.3 Å². The zero-order valence-corrected chi connectivity index (χ0v) is 13.9. The van der Waals surface area contributed by atoms with Crippen LogP contribution in [0.15, 0.2) is 6.20 Å². The third-order valence-electron chi connectivity index (χ3n) is 2.84. The van der Waals surface area contributed by atoms with Crippen molar-refractivity contribution in [3.63, 3.8) is 0 Å². The summed E-state index contributed by atoms with van der Waals surface area (Å²) < 4.78 is 0. The quantitative estimate of drug-likeness (QED) is 0.908. The zero-order chi connectivity index (χ0) is 13.3. The molecule has 2 heterocycles. The highest BCUT2D eigenvalue weighted by Gasteiger charge is 2.24. The van der Waals surface area contributed by atoms with Crippen LogP contribution in [0.3, 0.4) is 0 Å². The number of halogens is 1. The van der Waals surface area contributed by atoms with Crippen molar-refractivity contribution < 1.29 is 0 Å². The molecule has 0 bridgehead atoms. The van der Waals surface area contributed by atoms with E-state index in [0.717, 1.165) is 22.1 Å². The highest BCUT2D eigenvalue weighted by atomic mass is 35.5. The van der Waals surface area contributed by atoms with Gasteiger partial charge in [0.15, 0.2) is 5.13 Å². The first-order valence-corrected chi connectivity index (χ1v) is 7.41. The van der Waals surface area contributed by atoms with Gasteiger partial charge in [0.1, 0.15) is 5.01 Å². The van der Waals surface area contributed by atoms with Crippen molar-refractivity contribution >= 4 is 40.2 Å². The van der Waals surface area contributed by atoms with Gasteiger partial charge in [-0.15, -0.1) is 35.1 Å². The summed E-state index contributed by atoms with van der Waals surface area (Å²) >= 11 is 3.27. The molecule has 0 radical (unpaired) electrons. The second-order valence-electron chi connectivity index (χ2n) is 4.80. The molecule has 3 N–H and O–H groups in total. The zero-order valence-electron chi connectivity index (χ0n) is 11.5. The van der Waals surface area contributed by atoms with E-state index in [1.54, 1.807) is 11.3 Å². The van der Waals surface area contributed by atoms with E-state index in [-0.39, 0.29) is 17.9 Å². The van der Waals surface area contributed by atoms with E-state index in [1.165, 1.54) is 16.2 Å². The monoisotopic (exact) mass is 318 g/mol. The molecule has 2 aromatic heterocycles. The third kappa shape index (κ3) is 3.89. The molecule has 0 saturated carbocycles. The van der Waals surface area contributed by atoms with Crippen molar-refractivity contribution in [3.8, 4) is 0 Å². The Bertz CT molecular complexity index is 528. The Morgan fingerprint density at radius 2 is 2.00 bits per heavy atom. The molecule has 0 amide bonds. The molecule has 0 aromatic carbocycles. The normalized spacial score (nSPS) is 11.4. The van der Waals surface area contributed by atoms with Gasteiger partial charge in [-0.3, -0.25) is 0 Å². The Morgan fingerprint density at radius 1 is 1.32 bits per heavy atom. The SMILES string of the molecule is Cc1nc(C(C)(C)NCc2cnc(N)s2)sc1C.Cl. The van der Waals surface area contributed by atoms with E-state index < -0.39 is 0 Å². The molecule has 0 saturated heterocycles. The van der Waals surface area contributed by atoms with Gasteiger partial charge in [-0.25, -0.2) is 9.97 Å². The predicted molar refractivity (Wildman–Crippen MR) is 85.2 cm³/mol. The average Bonchev–Trinajstić information content (AvgIpc) is 2.84. The summed E-state index contributed by atoms with van der Waals surface area (Å²) in [4.78, 5) is 11.1. The summed E-state index contributed by atoms with van der Waals surface area (Å²) in [6, 6.07) is 0. The van der Waals surface area contributed by atoms with Crippen molar-refractivity contribution in [3.05, 3.63) is 26.7 Å². The Balaban J connectivity index is 0.00000180. The molecule has 19 heavy (non-hydrogen) atoms. The van der Waals surface area contributed by atoms with E-state index in [9.17, 15) is 0 Å². The van der Waals surface area contributed by atoms with Crippen LogP contribution in [-0.2, 0) is 12.1 Å². The minimum Gasteiger partial charge on any atom is -0.375 e. The Hall–Kier alpha value is -0.690. The fourth-order valence-electron chi connectivity index (χ4n) is 1.53. The first kappa shape index (κ1) is 16.4. The number of nitrogens with one attached hydrogen (secondary N) is 1. The summed E-state index contributed by atoms with van der Waals surface area (Å²) in [5.74, 6) is 0. The number of anilines is 1. The van der Waals surface area contributed by atoms with Crippen molar-refractivity contribution in [1.82, 2.24) is 15.3 Å². The van der Waals surface area contributed by atoms with Crippen LogP contribution in [0.2, 0.25) is 0 Å². The van der Waals surface area contributed by atoms with Crippen molar-refractivity contribution in [2.45, 2.75) is 39.8 Å². The van der Waals surface area contributed by atoms with Gasteiger partial charge >= 0.3 is 0 Å². The standard InChI is InChI=1S/C12H18N4S2.ClH/c1-7-8(2)17-10(16-7)12(3,4)15-6-9-5-14-11(13)18-9;/h5,15H,6H2,1-4H3,(H2,13,14);1H. The Labute approximate surface area is 127 Å². The lowest BCUT2D eigenvalue weighted by Crippen LogP contribution is -2.35. The van der Waals surface area contributed by atoms with Crippen molar-refractivity contribution in [1.29, 1.82) is 0 Å². The first-order valence-electron chi connectivity index (χ1n) is 5.78. The highest BCUT2D eigenvalue weighted by Crippen LogP contribution is 2.28. The topological polar surface area (TPSA) is 63.8 Å². The summed E-state index contributed by atoms with van der Waals surface area (Å²) in [6.07, 6.45) is 1.82. The first-order chi connectivity index (χ1) is 8.38. The molecule has 0 atom stereocenters. The van der Waals surface area contributed by atoms with E-state index in [0.29, 0.717) is 5.13 Å². The molecule has 0 aliphatic rings. The van der Waals surface area contributed by atoms with Crippen LogP contribution < -0.4 is 11.1 Å². The molecule has 0 fully saturated rings.